The summed E-state index contributed by atoms with van der Waals surface area (Å²) in [6.07, 6.45) is 3.39. The Labute approximate surface area is 135 Å². The minimum atomic E-state index is -0.970. The molecule has 0 aliphatic rings. The highest BCUT2D eigenvalue weighted by Crippen LogP contribution is 2.20. The summed E-state index contributed by atoms with van der Waals surface area (Å²) in [5, 5.41) is 2.70. The number of aryl methyl sites for hydroxylation is 1. The summed E-state index contributed by atoms with van der Waals surface area (Å²) in [6, 6.07) is 9.89. The monoisotopic (exact) mass is 329 g/mol. The second-order valence-corrected chi connectivity index (χ2v) is 7.25. The summed E-state index contributed by atoms with van der Waals surface area (Å²) in [6.45, 7) is 2.04. The molecule has 0 fully saturated rings. The molecule has 112 valence electrons. The van der Waals surface area contributed by atoms with Gasteiger partial charge in [0.25, 0.3) is 0 Å². The number of nitrogens with zero attached hydrogens (tertiary/aromatic N) is 3. The molecule has 0 saturated heterocycles. The first kappa shape index (κ1) is 15.0. The van der Waals surface area contributed by atoms with Crippen LogP contribution in [0.1, 0.15) is 16.8 Å². The average molecular weight is 329 g/mol. The Bertz CT molecular complexity index is 787. The SMILES string of the molecule is Cc1cccc(C[S@@](=O)Cc2csc(-c3ncccn3)n2)c1. The lowest BCUT2D eigenvalue weighted by atomic mass is 10.2. The predicted molar refractivity (Wildman–Crippen MR) is 89.9 cm³/mol. The van der Waals surface area contributed by atoms with E-state index >= 15 is 0 Å². The van der Waals surface area contributed by atoms with Gasteiger partial charge in [0.05, 0.1) is 11.4 Å². The number of benzene rings is 1. The van der Waals surface area contributed by atoms with Crippen LogP contribution in [0.3, 0.4) is 0 Å². The quantitative estimate of drug-likeness (QED) is 0.720. The van der Waals surface area contributed by atoms with Crippen LogP contribution in [0.25, 0.3) is 10.8 Å². The smallest absolute Gasteiger partial charge is 0.188 e. The molecule has 0 aliphatic carbocycles. The van der Waals surface area contributed by atoms with Gasteiger partial charge < -0.3 is 0 Å². The van der Waals surface area contributed by atoms with Gasteiger partial charge in [-0.2, -0.15) is 0 Å². The van der Waals surface area contributed by atoms with Crippen molar-refractivity contribution in [2.45, 2.75) is 18.4 Å². The van der Waals surface area contributed by atoms with E-state index in [0.717, 1.165) is 16.3 Å². The number of rotatable bonds is 5. The van der Waals surface area contributed by atoms with E-state index in [2.05, 4.69) is 21.0 Å². The van der Waals surface area contributed by atoms with Crippen molar-refractivity contribution in [3.05, 3.63) is 64.9 Å². The maximum absolute atomic E-state index is 12.3. The van der Waals surface area contributed by atoms with Crippen LogP contribution in [0.4, 0.5) is 0 Å². The molecule has 2 aromatic heterocycles. The zero-order chi connectivity index (χ0) is 15.4. The summed E-state index contributed by atoms with van der Waals surface area (Å²) in [7, 11) is -0.970. The summed E-state index contributed by atoms with van der Waals surface area (Å²) >= 11 is 1.48. The third-order valence-electron chi connectivity index (χ3n) is 3.03. The topological polar surface area (TPSA) is 55.7 Å². The van der Waals surface area contributed by atoms with E-state index in [1.165, 1.54) is 16.9 Å². The molecular weight excluding hydrogens is 314 g/mol. The van der Waals surface area contributed by atoms with Gasteiger partial charge in [0.1, 0.15) is 0 Å². The van der Waals surface area contributed by atoms with Crippen molar-refractivity contribution in [1.82, 2.24) is 15.0 Å². The lowest BCUT2D eigenvalue weighted by Crippen LogP contribution is -2.00. The Morgan fingerprint density at radius 3 is 2.73 bits per heavy atom. The molecule has 0 saturated carbocycles. The van der Waals surface area contributed by atoms with Crippen molar-refractivity contribution in [3.8, 4) is 10.8 Å². The molecule has 0 radical (unpaired) electrons. The number of hydrogen-bond donors (Lipinski definition) is 0. The van der Waals surface area contributed by atoms with Crippen LogP contribution >= 0.6 is 11.3 Å². The molecule has 0 aliphatic heterocycles. The highest BCUT2D eigenvalue weighted by molar-refractivity contribution is 7.83. The second kappa shape index (κ2) is 6.89. The minimum absolute atomic E-state index is 0.456. The molecule has 3 rings (SSSR count). The molecule has 0 unspecified atom stereocenters. The van der Waals surface area contributed by atoms with Crippen LogP contribution in [0.2, 0.25) is 0 Å². The molecule has 6 heteroatoms. The molecule has 3 aromatic rings. The van der Waals surface area contributed by atoms with Gasteiger partial charge in [0, 0.05) is 34.3 Å². The van der Waals surface area contributed by atoms with E-state index in [1.54, 1.807) is 18.5 Å². The van der Waals surface area contributed by atoms with Crippen molar-refractivity contribution in [2.24, 2.45) is 0 Å². The zero-order valence-electron chi connectivity index (χ0n) is 12.1. The third-order valence-corrected chi connectivity index (χ3v) is 5.19. The van der Waals surface area contributed by atoms with Crippen LogP contribution in [-0.2, 0) is 22.3 Å². The number of thiazole rings is 1. The maximum Gasteiger partial charge on any atom is 0.188 e. The van der Waals surface area contributed by atoms with Crippen molar-refractivity contribution >= 4 is 22.1 Å². The first-order valence-electron chi connectivity index (χ1n) is 6.83. The lowest BCUT2D eigenvalue weighted by Gasteiger charge is -2.02. The first-order chi connectivity index (χ1) is 10.7. The van der Waals surface area contributed by atoms with Gasteiger partial charge in [-0.3, -0.25) is 4.21 Å². The predicted octanol–water partition coefficient (Wildman–Crippen LogP) is 3.36. The zero-order valence-corrected chi connectivity index (χ0v) is 13.7. The van der Waals surface area contributed by atoms with E-state index in [1.807, 2.05) is 30.5 Å². The van der Waals surface area contributed by atoms with Crippen LogP contribution in [-0.4, -0.2) is 19.2 Å². The Morgan fingerprint density at radius 1 is 1.14 bits per heavy atom. The molecule has 22 heavy (non-hydrogen) atoms. The van der Waals surface area contributed by atoms with Gasteiger partial charge in [0.2, 0.25) is 0 Å². The minimum Gasteiger partial charge on any atom is -0.259 e. The number of hydrogen-bond acceptors (Lipinski definition) is 5. The van der Waals surface area contributed by atoms with Crippen LogP contribution < -0.4 is 0 Å². The fourth-order valence-corrected chi connectivity index (χ4v) is 4.09. The van der Waals surface area contributed by atoms with Crippen LogP contribution in [0.15, 0.2) is 48.1 Å². The molecule has 4 nitrogen and oxygen atoms in total. The summed E-state index contributed by atoms with van der Waals surface area (Å²) < 4.78 is 12.3. The van der Waals surface area contributed by atoms with Gasteiger partial charge in [0.15, 0.2) is 10.8 Å². The van der Waals surface area contributed by atoms with Crippen LogP contribution in [0.5, 0.6) is 0 Å². The summed E-state index contributed by atoms with van der Waals surface area (Å²) in [5.41, 5.74) is 3.12. The highest BCUT2D eigenvalue weighted by Gasteiger charge is 2.10. The summed E-state index contributed by atoms with van der Waals surface area (Å²) in [4.78, 5) is 12.8. The summed E-state index contributed by atoms with van der Waals surface area (Å²) in [5.74, 6) is 1.62. The largest absolute Gasteiger partial charge is 0.259 e. The first-order valence-corrected chi connectivity index (χ1v) is 9.20. The molecule has 1 atom stereocenters. The van der Waals surface area contributed by atoms with E-state index in [9.17, 15) is 4.21 Å². The molecule has 2 heterocycles. The highest BCUT2D eigenvalue weighted by atomic mass is 32.2. The third kappa shape index (κ3) is 3.84. The standard InChI is InChI=1S/C16H15N3OS2/c1-12-4-2-5-13(8-12)10-22(20)11-14-9-21-16(19-14)15-17-6-3-7-18-15/h2-9H,10-11H2,1H3/t22-/m1/s1. The molecule has 0 N–H and O–H groups in total. The maximum atomic E-state index is 12.3. The van der Waals surface area contributed by atoms with Gasteiger partial charge in [-0.1, -0.05) is 29.8 Å². The van der Waals surface area contributed by atoms with Gasteiger partial charge in [-0.05, 0) is 18.6 Å². The second-order valence-electron chi connectivity index (χ2n) is 4.93. The van der Waals surface area contributed by atoms with Gasteiger partial charge >= 0.3 is 0 Å². The Balaban J connectivity index is 1.66. The fraction of sp³-hybridized carbons (Fsp3) is 0.188. The molecule has 0 amide bonds. The molecular formula is C16H15N3OS2. The Hall–Kier alpha value is -1.92. The van der Waals surface area contributed by atoms with Crippen molar-refractivity contribution < 1.29 is 4.21 Å². The van der Waals surface area contributed by atoms with Gasteiger partial charge in [-0.15, -0.1) is 11.3 Å². The fourth-order valence-electron chi connectivity index (χ4n) is 2.09. The van der Waals surface area contributed by atoms with Crippen molar-refractivity contribution in [3.63, 3.8) is 0 Å². The van der Waals surface area contributed by atoms with E-state index < -0.39 is 10.8 Å². The Kier molecular flexibility index (Phi) is 4.70. The molecule has 1 aromatic carbocycles. The van der Waals surface area contributed by atoms with Crippen LogP contribution in [0, 0.1) is 6.92 Å². The lowest BCUT2D eigenvalue weighted by molar-refractivity contribution is 0.681. The Morgan fingerprint density at radius 2 is 1.95 bits per heavy atom. The van der Waals surface area contributed by atoms with E-state index in [-0.39, 0.29) is 0 Å². The molecule has 0 spiro atoms. The normalized spacial score (nSPS) is 12.2. The van der Waals surface area contributed by atoms with Crippen molar-refractivity contribution in [1.29, 1.82) is 0 Å². The van der Waals surface area contributed by atoms with Crippen molar-refractivity contribution in [2.75, 3.05) is 0 Å². The molecule has 0 bridgehead atoms. The van der Waals surface area contributed by atoms with E-state index in [4.69, 9.17) is 0 Å². The number of aromatic nitrogens is 3. The van der Waals surface area contributed by atoms with E-state index in [0.29, 0.717) is 17.3 Å². The average Bonchev–Trinajstić information content (AvgIpc) is 2.96. The van der Waals surface area contributed by atoms with Gasteiger partial charge in [-0.25, -0.2) is 15.0 Å².